The number of morpholine rings is 1. The topological polar surface area (TPSA) is 139 Å². The number of anilines is 2. The Balaban J connectivity index is 1.28. The highest BCUT2D eigenvalue weighted by molar-refractivity contribution is 7.93. The minimum Gasteiger partial charge on any atom is -0.449 e. The molecule has 1 fully saturated rings. The first-order chi connectivity index (χ1) is 20.0. The highest BCUT2D eigenvalue weighted by Crippen LogP contribution is 2.35. The maximum absolute atomic E-state index is 13.5. The van der Waals surface area contributed by atoms with Crippen LogP contribution in [0.15, 0.2) is 76.5 Å². The Morgan fingerprint density at radius 2 is 1.67 bits per heavy atom. The van der Waals surface area contributed by atoms with Gasteiger partial charge in [-0.3, -0.25) is 9.10 Å². The molecular weight excluding hydrogens is 606 g/mol. The Bertz CT molecular complexity index is 1740. The quantitative estimate of drug-likeness (QED) is 0.373. The Labute approximate surface area is 249 Å². The molecule has 42 heavy (non-hydrogen) atoms. The number of halogens is 1. The number of para-hydroxylation sites is 1. The third kappa shape index (κ3) is 6.01. The maximum atomic E-state index is 13.5. The van der Waals surface area contributed by atoms with E-state index in [4.69, 9.17) is 21.1 Å². The van der Waals surface area contributed by atoms with Gasteiger partial charge in [-0.15, -0.1) is 0 Å². The molecule has 222 valence electrons. The second-order valence-corrected chi connectivity index (χ2v) is 13.9. The van der Waals surface area contributed by atoms with Crippen LogP contribution >= 0.6 is 11.6 Å². The van der Waals surface area contributed by atoms with Crippen molar-refractivity contribution >= 4 is 54.9 Å². The second-order valence-electron chi connectivity index (χ2n) is 9.68. The molecule has 1 saturated heterocycles. The number of carbonyl (C=O) groups is 2. The zero-order valence-electron chi connectivity index (χ0n) is 22.5. The van der Waals surface area contributed by atoms with E-state index in [1.807, 2.05) is 12.1 Å². The zero-order chi connectivity index (χ0) is 30.1. The van der Waals surface area contributed by atoms with Crippen molar-refractivity contribution in [2.45, 2.75) is 29.2 Å². The van der Waals surface area contributed by atoms with Gasteiger partial charge in [-0.05, 0) is 61.4 Å². The summed E-state index contributed by atoms with van der Waals surface area (Å²) >= 11 is 6.26. The Hall–Kier alpha value is -3.49. The Morgan fingerprint density at radius 1 is 0.929 bits per heavy atom. The standard InChI is InChI=1S/C28H28ClN3O8S2/c1-19(27(33)30-22-6-4-7-23(18-22)41(35,36)31-13-15-39-16-14-31)40-28(34)21-9-10-24(29)26(17-21)42(37,38)32-12-11-20-5-2-3-8-25(20)32/h2-10,17-19H,11-16H2,1H3,(H,30,33). The summed E-state index contributed by atoms with van der Waals surface area (Å²) in [7, 11) is -7.88. The number of ether oxygens (including phenoxy) is 2. The summed E-state index contributed by atoms with van der Waals surface area (Å²) in [5.41, 5.74) is 1.53. The summed E-state index contributed by atoms with van der Waals surface area (Å²) in [6.45, 7) is 2.63. The maximum Gasteiger partial charge on any atom is 0.338 e. The van der Waals surface area contributed by atoms with E-state index < -0.39 is 38.0 Å². The van der Waals surface area contributed by atoms with Crippen LogP contribution in [-0.4, -0.2) is 72.0 Å². The molecule has 3 aromatic rings. The molecule has 0 aromatic heterocycles. The SMILES string of the molecule is CC(OC(=O)c1ccc(Cl)c(S(=O)(=O)N2CCc3ccccc32)c1)C(=O)Nc1cccc(S(=O)(=O)N2CCOCC2)c1. The number of hydrogen-bond donors (Lipinski definition) is 1. The van der Waals surface area contributed by atoms with Crippen LogP contribution in [0.5, 0.6) is 0 Å². The lowest BCUT2D eigenvalue weighted by Gasteiger charge is -2.26. The van der Waals surface area contributed by atoms with Crippen molar-refractivity contribution in [3.8, 4) is 0 Å². The van der Waals surface area contributed by atoms with Gasteiger partial charge in [-0.2, -0.15) is 4.31 Å². The molecule has 0 spiro atoms. The second kappa shape index (κ2) is 12.0. The van der Waals surface area contributed by atoms with Gasteiger partial charge in [0.15, 0.2) is 6.10 Å². The van der Waals surface area contributed by atoms with E-state index >= 15 is 0 Å². The minimum atomic E-state index is -4.09. The predicted octanol–water partition coefficient (Wildman–Crippen LogP) is 3.30. The minimum absolute atomic E-state index is 0.00220. The van der Waals surface area contributed by atoms with Crippen LogP contribution < -0.4 is 9.62 Å². The first kappa shape index (κ1) is 30.0. The molecule has 0 radical (unpaired) electrons. The lowest BCUT2D eigenvalue weighted by Crippen LogP contribution is -2.40. The van der Waals surface area contributed by atoms with Crippen LogP contribution in [0, 0.1) is 0 Å². The van der Waals surface area contributed by atoms with Crippen molar-refractivity contribution in [3.05, 3.63) is 82.9 Å². The number of nitrogens with zero attached hydrogens (tertiary/aromatic N) is 2. The average molecular weight is 634 g/mol. The van der Waals surface area contributed by atoms with Gasteiger partial charge in [0.1, 0.15) is 4.90 Å². The van der Waals surface area contributed by atoms with Crippen molar-refractivity contribution in [1.29, 1.82) is 0 Å². The number of hydrogen-bond acceptors (Lipinski definition) is 8. The van der Waals surface area contributed by atoms with Crippen molar-refractivity contribution < 1.29 is 35.9 Å². The molecule has 2 aliphatic rings. The first-order valence-electron chi connectivity index (χ1n) is 13.1. The van der Waals surface area contributed by atoms with Crippen molar-refractivity contribution in [2.75, 3.05) is 42.5 Å². The molecule has 1 unspecified atom stereocenters. The molecule has 0 bridgehead atoms. The molecule has 5 rings (SSSR count). The fourth-order valence-electron chi connectivity index (χ4n) is 4.70. The molecule has 1 N–H and O–H groups in total. The molecule has 11 nitrogen and oxygen atoms in total. The lowest BCUT2D eigenvalue weighted by molar-refractivity contribution is -0.123. The van der Waals surface area contributed by atoms with Crippen LogP contribution in [0.4, 0.5) is 11.4 Å². The average Bonchev–Trinajstić information content (AvgIpc) is 3.43. The van der Waals surface area contributed by atoms with Gasteiger partial charge in [0.05, 0.1) is 34.4 Å². The summed E-state index contributed by atoms with van der Waals surface area (Å²) in [5, 5.41) is 2.50. The molecule has 3 aromatic carbocycles. The predicted molar refractivity (Wildman–Crippen MR) is 156 cm³/mol. The van der Waals surface area contributed by atoms with E-state index in [9.17, 15) is 26.4 Å². The highest BCUT2D eigenvalue weighted by Gasteiger charge is 2.33. The fraction of sp³-hybridized carbons (Fsp3) is 0.286. The van der Waals surface area contributed by atoms with Gasteiger partial charge >= 0.3 is 5.97 Å². The number of benzene rings is 3. The van der Waals surface area contributed by atoms with Crippen LogP contribution in [0.2, 0.25) is 5.02 Å². The van der Waals surface area contributed by atoms with E-state index in [0.29, 0.717) is 25.3 Å². The summed E-state index contributed by atoms with van der Waals surface area (Å²) in [6.07, 6.45) is -0.748. The van der Waals surface area contributed by atoms with E-state index in [2.05, 4.69) is 5.32 Å². The largest absolute Gasteiger partial charge is 0.449 e. The smallest absolute Gasteiger partial charge is 0.338 e. The number of amides is 1. The van der Waals surface area contributed by atoms with Crippen LogP contribution in [-0.2, 0) is 40.7 Å². The molecule has 1 atom stereocenters. The van der Waals surface area contributed by atoms with Crippen LogP contribution in [0.3, 0.4) is 0 Å². The normalized spacial score (nSPS) is 16.5. The molecule has 2 heterocycles. The first-order valence-corrected chi connectivity index (χ1v) is 16.3. The molecular formula is C28H28ClN3O8S2. The van der Waals surface area contributed by atoms with E-state index in [-0.39, 0.29) is 45.7 Å². The van der Waals surface area contributed by atoms with Crippen molar-refractivity contribution in [2.24, 2.45) is 0 Å². The fourth-order valence-corrected chi connectivity index (χ4v) is 8.16. The summed E-state index contributed by atoms with van der Waals surface area (Å²) < 4.78 is 66.0. The number of nitrogens with one attached hydrogen (secondary N) is 1. The van der Waals surface area contributed by atoms with Gasteiger partial charge in [0.25, 0.3) is 15.9 Å². The highest BCUT2D eigenvalue weighted by atomic mass is 35.5. The number of fused-ring (bicyclic) bond motifs is 1. The molecule has 1 amide bonds. The molecule has 2 aliphatic heterocycles. The Kier molecular flexibility index (Phi) is 8.58. The van der Waals surface area contributed by atoms with Gasteiger partial charge in [-0.1, -0.05) is 35.9 Å². The summed E-state index contributed by atoms with van der Waals surface area (Å²) in [5.74, 6) is -1.64. The Morgan fingerprint density at radius 3 is 2.43 bits per heavy atom. The third-order valence-electron chi connectivity index (χ3n) is 6.94. The van der Waals surface area contributed by atoms with E-state index in [1.165, 1.54) is 51.9 Å². The third-order valence-corrected chi connectivity index (χ3v) is 11.1. The lowest BCUT2D eigenvalue weighted by atomic mass is 10.2. The van der Waals surface area contributed by atoms with Crippen molar-refractivity contribution in [3.63, 3.8) is 0 Å². The van der Waals surface area contributed by atoms with Crippen molar-refractivity contribution in [1.82, 2.24) is 4.31 Å². The zero-order valence-corrected chi connectivity index (χ0v) is 24.9. The molecule has 0 saturated carbocycles. The van der Waals surface area contributed by atoms with Gasteiger partial charge in [0.2, 0.25) is 10.0 Å². The molecule has 0 aliphatic carbocycles. The number of carbonyl (C=O) groups excluding carboxylic acids is 2. The number of esters is 1. The number of rotatable bonds is 8. The van der Waals surface area contributed by atoms with Crippen LogP contribution in [0.25, 0.3) is 0 Å². The summed E-state index contributed by atoms with van der Waals surface area (Å²) in [4.78, 5) is 25.5. The molecule has 14 heteroatoms. The van der Waals surface area contributed by atoms with Gasteiger partial charge in [-0.25, -0.2) is 21.6 Å². The summed E-state index contributed by atoms with van der Waals surface area (Å²) in [6, 6.07) is 16.6. The van der Waals surface area contributed by atoms with Gasteiger partial charge < -0.3 is 14.8 Å². The van der Waals surface area contributed by atoms with Gasteiger partial charge in [0, 0.05) is 25.3 Å². The monoisotopic (exact) mass is 633 g/mol. The van der Waals surface area contributed by atoms with E-state index in [1.54, 1.807) is 12.1 Å². The van der Waals surface area contributed by atoms with E-state index in [0.717, 1.165) is 11.6 Å². The van der Waals surface area contributed by atoms with Crippen LogP contribution in [0.1, 0.15) is 22.8 Å². The number of sulfonamides is 2.